The molecule has 0 fully saturated rings. The van der Waals surface area contributed by atoms with Crippen LogP contribution in [0.25, 0.3) is 0 Å². The summed E-state index contributed by atoms with van der Waals surface area (Å²) in [5.74, 6) is -11.4. The molecule has 42 heavy (non-hydrogen) atoms. The smallest absolute Gasteiger partial charge is 0.349 e. The van der Waals surface area contributed by atoms with Gasteiger partial charge in [-0.15, -0.1) is 5.10 Å². The van der Waals surface area contributed by atoms with E-state index in [1.807, 2.05) is 6.26 Å². The summed E-state index contributed by atoms with van der Waals surface area (Å²) >= 11 is 4.77. The lowest BCUT2D eigenvalue weighted by molar-refractivity contribution is -0.292. The number of benzene rings is 1. The van der Waals surface area contributed by atoms with Gasteiger partial charge in [0.15, 0.2) is 0 Å². The molecule has 0 bridgehead atoms. The number of hydrogen-bond donors (Lipinski definition) is 2. The van der Waals surface area contributed by atoms with Crippen molar-refractivity contribution in [1.82, 2.24) is 30.0 Å². The van der Waals surface area contributed by atoms with Gasteiger partial charge in [-0.3, -0.25) is 9.59 Å². The molecule has 0 unspecified atom stereocenters. The molecule has 0 aliphatic heterocycles. The number of nitrogens with zero attached hydrogens (tertiary/aromatic N) is 5. The van der Waals surface area contributed by atoms with E-state index in [9.17, 15) is 44.7 Å². The summed E-state index contributed by atoms with van der Waals surface area (Å²) in [6.07, 6.45) is -8.82. The normalized spacial score (nSPS) is 13.1. The Labute approximate surface area is 245 Å². The van der Waals surface area contributed by atoms with Crippen LogP contribution in [0.3, 0.4) is 0 Å². The zero-order valence-corrected chi connectivity index (χ0v) is 24.1. The summed E-state index contributed by atoms with van der Waals surface area (Å²) in [6.45, 7) is 2.04. The van der Waals surface area contributed by atoms with E-state index in [1.54, 1.807) is 13.0 Å². The molecule has 0 saturated carbocycles. The lowest BCUT2D eigenvalue weighted by Crippen LogP contribution is -2.35. The molecule has 2 amide bonds. The molecule has 0 aliphatic rings. The lowest BCUT2D eigenvalue weighted by Gasteiger charge is -2.16. The molecule has 2 heterocycles. The summed E-state index contributed by atoms with van der Waals surface area (Å²) < 4.78 is 105. The minimum absolute atomic E-state index is 0.00235. The van der Waals surface area contributed by atoms with Crippen molar-refractivity contribution >= 4 is 45.2 Å². The second kappa shape index (κ2) is 12.5. The molecular formula is C23H20BrF8N7O2S. The van der Waals surface area contributed by atoms with Gasteiger partial charge >= 0.3 is 18.3 Å². The fraction of sp³-hybridized carbons (Fsp3) is 0.391. The number of hydrogen-bond acceptors (Lipinski definition) is 7. The quantitative estimate of drug-likeness (QED) is 0.282. The summed E-state index contributed by atoms with van der Waals surface area (Å²) in [5.41, 5.74) is -0.0186. The van der Waals surface area contributed by atoms with Crippen molar-refractivity contribution in [1.29, 1.82) is 0 Å². The Bertz CT molecular complexity index is 1480. The molecule has 1 atom stereocenters. The Morgan fingerprint density at radius 1 is 1.07 bits per heavy atom. The first-order valence-electron chi connectivity index (χ1n) is 11.6. The lowest BCUT2D eigenvalue weighted by atomic mass is 10.1. The molecule has 2 aromatic heterocycles. The van der Waals surface area contributed by atoms with E-state index in [4.69, 9.17) is 0 Å². The van der Waals surface area contributed by atoms with Gasteiger partial charge in [0.05, 0.1) is 28.7 Å². The second-order valence-electron chi connectivity index (χ2n) is 8.72. The maximum Gasteiger partial charge on any atom is 0.461 e. The average Bonchev–Trinajstić information content (AvgIpc) is 3.30. The number of thioether (sulfide) groups is 1. The first-order chi connectivity index (χ1) is 19.4. The maximum absolute atomic E-state index is 13.6. The minimum Gasteiger partial charge on any atom is -0.349 e. The van der Waals surface area contributed by atoms with Crippen LogP contribution in [0, 0.1) is 6.92 Å². The van der Waals surface area contributed by atoms with E-state index in [1.165, 1.54) is 30.8 Å². The molecule has 3 rings (SSSR count). The van der Waals surface area contributed by atoms with Gasteiger partial charge in [0.1, 0.15) is 12.4 Å². The first kappa shape index (κ1) is 33.2. The van der Waals surface area contributed by atoms with Crippen molar-refractivity contribution < 1.29 is 44.7 Å². The van der Waals surface area contributed by atoms with E-state index < -0.39 is 54.1 Å². The van der Waals surface area contributed by atoms with Gasteiger partial charge in [0, 0.05) is 16.3 Å². The van der Waals surface area contributed by atoms with E-state index in [-0.39, 0.29) is 33.2 Å². The minimum atomic E-state index is -6.24. The predicted molar refractivity (Wildman–Crippen MR) is 138 cm³/mol. The number of aryl methyl sites for hydroxylation is 1. The Balaban J connectivity index is 1.88. The van der Waals surface area contributed by atoms with Crippen molar-refractivity contribution in [2.45, 2.75) is 44.7 Å². The van der Waals surface area contributed by atoms with Crippen molar-refractivity contribution in [3.63, 3.8) is 0 Å². The van der Waals surface area contributed by atoms with Gasteiger partial charge in [-0.1, -0.05) is 6.07 Å². The van der Waals surface area contributed by atoms with E-state index in [0.29, 0.717) is 10.2 Å². The molecule has 19 heteroatoms. The Kier molecular flexibility index (Phi) is 9.85. The summed E-state index contributed by atoms with van der Waals surface area (Å²) in [5, 5.41) is 8.00. The number of carbonyl (C=O) groups is 2. The Morgan fingerprint density at radius 3 is 2.31 bits per heavy atom. The summed E-state index contributed by atoms with van der Waals surface area (Å²) in [6, 6.07) is 4.25. The highest BCUT2D eigenvalue weighted by atomic mass is 79.9. The highest BCUT2D eigenvalue weighted by Crippen LogP contribution is 2.43. The molecule has 0 spiro atoms. The van der Waals surface area contributed by atoms with Crippen LogP contribution in [0.1, 0.15) is 50.8 Å². The van der Waals surface area contributed by atoms with Crippen LogP contribution < -0.4 is 10.6 Å². The molecule has 0 saturated heterocycles. The second-order valence-corrected chi connectivity index (χ2v) is 10.5. The molecule has 1 aromatic carbocycles. The van der Waals surface area contributed by atoms with Gasteiger partial charge in [-0.2, -0.15) is 46.9 Å². The Hall–Kier alpha value is -3.35. The molecule has 0 radical (unpaired) electrons. The number of carbonyl (C=O) groups excluding carboxylic acids is 2. The number of nitrogens with one attached hydrogen (secondary N) is 2. The van der Waals surface area contributed by atoms with Gasteiger partial charge in [-0.05, 0) is 48.2 Å². The average molecular weight is 690 g/mol. The topological polar surface area (TPSA) is 115 Å². The monoisotopic (exact) mass is 689 g/mol. The fourth-order valence-electron chi connectivity index (χ4n) is 3.49. The van der Waals surface area contributed by atoms with Gasteiger partial charge in [0.25, 0.3) is 11.8 Å². The van der Waals surface area contributed by atoms with Crippen molar-refractivity contribution in [2.24, 2.45) is 0 Å². The SMILES string of the molecule is CSC[C@H](C)NC(=O)c1c(Br)cccc1C(=O)Nc1cnc(Cn2nc(C(F)(F)C(F)(F)F)nc2C(F)(F)F)nc1C. The molecular weight excluding hydrogens is 670 g/mol. The maximum atomic E-state index is 13.6. The molecule has 228 valence electrons. The third kappa shape index (κ3) is 7.34. The van der Waals surface area contributed by atoms with E-state index in [0.717, 1.165) is 6.20 Å². The summed E-state index contributed by atoms with van der Waals surface area (Å²) in [4.78, 5) is 36.0. The fourth-order valence-corrected chi connectivity index (χ4v) is 4.62. The zero-order chi connectivity index (χ0) is 31.6. The summed E-state index contributed by atoms with van der Waals surface area (Å²) in [7, 11) is 0. The first-order valence-corrected chi connectivity index (χ1v) is 13.7. The largest absolute Gasteiger partial charge is 0.461 e. The van der Waals surface area contributed by atoms with Crippen LogP contribution in [0.2, 0.25) is 0 Å². The van der Waals surface area contributed by atoms with Crippen LogP contribution >= 0.6 is 27.7 Å². The molecule has 2 N–H and O–H groups in total. The van der Waals surface area contributed by atoms with Gasteiger partial charge in [0.2, 0.25) is 11.6 Å². The van der Waals surface area contributed by atoms with E-state index >= 15 is 0 Å². The number of anilines is 1. The zero-order valence-electron chi connectivity index (χ0n) is 21.7. The standard InChI is InChI=1S/C23H20BrF8N7O2S/c1-10(9-42-3)34-18(41)16-12(5-4-6-13(16)24)17(40)36-14-7-33-15(35-11(14)2)8-39-20(22(27,28)29)37-19(38-39)21(25,26)23(30,31)32/h4-7,10H,8-9H2,1-3H3,(H,34,41)(H,36,40)/t10-/m0/s1. The van der Waals surface area contributed by atoms with Crippen LogP contribution in [-0.4, -0.2) is 60.8 Å². The van der Waals surface area contributed by atoms with Crippen LogP contribution in [0.15, 0.2) is 28.9 Å². The third-order valence-corrected chi connectivity index (χ3v) is 6.90. The number of alkyl halides is 8. The van der Waals surface area contributed by atoms with Gasteiger partial charge in [-0.25, -0.2) is 19.6 Å². The highest BCUT2D eigenvalue weighted by molar-refractivity contribution is 9.10. The van der Waals surface area contributed by atoms with Crippen LogP contribution in [0.5, 0.6) is 0 Å². The van der Waals surface area contributed by atoms with Crippen molar-refractivity contribution in [3.8, 4) is 0 Å². The Morgan fingerprint density at radius 2 is 1.74 bits per heavy atom. The van der Waals surface area contributed by atoms with E-state index in [2.05, 4.69) is 46.6 Å². The van der Waals surface area contributed by atoms with Gasteiger partial charge < -0.3 is 10.6 Å². The highest BCUT2D eigenvalue weighted by Gasteiger charge is 2.62. The number of aromatic nitrogens is 5. The number of rotatable bonds is 9. The molecule has 0 aliphatic carbocycles. The molecule has 3 aromatic rings. The van der Waals surface area contributed by atoms with Crippen LogP contribution in [-0.2, 0) is 18.6 Å². The molecule has 9 nitrogen and oxygen atoms in total. The van der Waals surface area contributed by atoms with Crippen molar-refractivity contribution in [3.05, 3.63) is 63.2 Å². The van der Waals surface area contributed by atoms with Crippen LogP contribution in [0.4, 0.5) is 40.8 Å². The number of amides is 2. The predicted octanol–water partition coefficient (Wildman–Crippen LogP) is 5.59. The van der Waals surface area contributed by atoms with Crippen molar-refractivity contribution in [2.75, 3.05) is 17.3 Å². The third-order valence-electron chi connectivity index (χ3n) is 5.41. The number of halogens is 9.